The molecule has 3 heteroatoms. The van der Waals surface area contributed by atoms with Crippen molar-refractivity contribution in [2.45, 2.75) is 19.4 Å². The van der Waals surface area contributed by atoms with Gasteiger partial charge in [0.15, 0.2) is 0 Å². The maximum atomic E-state index is 11.7. The Morgan fingerprint density at radius 3 is 2.67 bits per heavy atom. The molecule has 0 saturated heterocycles. The van der Waals surface area contributed by atoms with Crippen LogP contribution in [0.5, 0.6) is 0 Å². The second-order valence-corrected chi connectivity index (χ2v) is 4.79. The minimum Gasteiger partial charge on any atom is -0.352 e. The Labute approximate surface area is 112 Å². The average Bonchev–Trinajstić information content (AvgIpc) is 2.38. The number of carbonyl (C=O) groups excluding carboxylic acids is 1. The number of benzene rings is 2. The molecule has 1 N–H and O–H groups in total. The molecule has 1 amide bonds. The van der Waals surface area contributed by atoms with Gasteiger partial charge < -0.3 is 5.32 Å². The fraction of sp³-hybridized carbons (Fsp3) is 0.267. The summed E-state index contributed by atoms with van der Waals surface area (Å²) in [6.45, 7) is 1.89. The number of fused-ring (bicyclic) bond motifs is 1. The van der Waals surface area contributed by atoms with E-state index in [1.165, 1.54) is 5.39 Å². The van der Waals surface area contributed by atoms with E-state index in [2.05, 4.69) is 23.5 Å². The van der Waals surface area contributed by atoms with Gasteiger partial charge in [0.2, 0.25) is 5.91 Å². The number of hydrogen-bond acceptors (Lipinski definition) is 1. The molecule has 0 spiro atoms. The lowest BCUT2D eigenvalue weighted by Gasteiger charge is -2.10. The van der Waals surface area contributed by atoms with Crippen LogP contribution < -0.4 is 5.32 Å². The number of rotatable bonds is 4. The molecule has 0 aliphatic carbocycles. The van der Waals surface area contributed by atoms with Gasteiger partial charge in [-0.25, -0.2) is 0 Å². The van der Waals surface area contributed by atoms with Gasteiger partial charge in [-0.3, -0.25) is 4.79 Å². The van der Waals surface area contributed by atoms with Crippen molar-refractivity contribution in [1.82, 2.24) is 5.32 Å². The first-order chi connectivity index (χ1) is 8.69. The molecule has 0 fully saturated rings. The lowest BCUT2D eigenvalue weighted by molar-refractivity contribution is -0.120. The normalized spacial score (nSPS) is 12.3. The van der Waals surface area contributed by atoms with E-state index in [-0.39, 0.29) is 11.9 Å². The van der Waals surface area contributed by atoms with E-state index in [9.17, 15) is 4.79 Å². The molecule has 2 aromatic rings. The van der Waals surface area contributed by atoms with E-state index in [0.29, 0.717) is 12.3 Å². The van der Waals surface area contributed by atoms with Crippen LogP contribution in [-0.4, -0.2) is 17.8 Å². The Bertz CT molecular complexity index is 553. The van der Waals surface area contributed by atoms with Gasteiger partial charge in [-0.15, -0.1) is 11.6 Å². The van der Waals surface area contributed by atoms with Crippen molar-refractivity contribution in [2.75, 3.05) is 5.88 Å². The fourth-order valence-corrected chi connectivity index (χ4v) is 1.98. The third-order valence-corrected chi connectivity index (χ3v) is 3.28. The first-order valence-electron chi connectivity index (χ1n) is 6.02. The summed E-state index contributed by atoms with van der Waals surface area (Å²) >= 11 is 5.66. The summed E-state index contributed by atoms with van der Waals surface area (Å²) in [4.78, 5) is 11.7. The molecule has 94 valence electrons. The van der Waals surface area contributed by atoms with Crippen molar-refractivity contribution in [3.05, 3.63) is 48.0 Å². The molecule has 0 aliphatic heterocycles. The van der Waals surface area contributed by atoms with Crippen molar-refractivity contribution in [3.8, 4) is 0 Å². The molecule has 0 radical (unpaired) electrons. The van der Waals surface area contributed by atoms with Crippen molar-refractivity contribution < 1.29 is 4.79 Å². The van der Waals surface area contributed by atoms with Gasteiger partial charge in [0, 0.05) is 11.9 Å². The molecule has 0 aromatic heterocycles. The van der Waals surface area contributed by atoms with Crippen molar-refractivity contribution in [2.24, 2.45) is 0 Å². The summed E-state index contributed by atoms with van der Waals surface area (Å²) in [6, 6.07) is 14.2. The summed E-state index contributed by atoms with van der Waals surface area (Å²) in [5.74, 6) is 0.446. The maximum absolute atomic E-state index is 11.7. The van der Waals surface area contributed by atoms with Gasteiger partial charge in [0.05, 0.1) is 6.42 Å². The minimum absolute atomic E-state index is 0.0124. The highest BCUT2D eigenvalue weighted by Crippen LogP contribution is 2.15. The van der Waals surface area contributed by atoms with Gasteiger partial charge in [-0.05, 0) is 23.3 Å². The van der Waals surface area contributed by atoms with Crippen LogP contribution in [-0.2, 0) is 11.2 Å². The molecule has 0 aliphatic rings. The molecular weight excluding hydrogens is 246 g/mol. The lowest BCUT2D eigenvalue weighted by Crippen LogP contribution is -2.34. The van der Waals surface area contributed by atoms with E-state index >= 15 is 0 Å². The summed E-state index contributed by atoms with van der Waals surface area (Å²) < 4.78 is 0. The Morgan fingerprint density at radius 2 is 1.94 bits per heavy atom. The van der Waals surface area contributed by atoms with Gasteiger partial charge in [0.25, 0.3) is 0 Å². The predicted molar refractivity (Wildman–Crippen MR) is 76.0 cm³/mol. The zero-order valence-electron chi connectivity index (χ0n) is 10.3. The maximum Gasteiger partial charge on any atom is 0.224 e. The predicted octanol–water partition coefficient (Wildman–Crippen LogP) is 3.13. The largest absolute Gasteiger partial charge is 0.352 e. The van der Waals surface area contributed by atoms with Crippen LogP contribution in [0, 0.1) is 0 Å². The van der Waals surface area contributed by atoms with E-state index in [1.807, 2.05) is 31.2 Å². The summed E-state index contributed by atoms with van der Waals surface area (Å²) in [5.41, 5.74) is 1.02. The summed E-state index contributed by atoms with van der Waals surface area (Å²) in [6.07, 6.45) is 0.395. The topological polar surface area (TPSA) is 29.1 Å². The lowest BCUT2D eigenvalue weighted by atomic mass is 10.0. The number of amides is 1. The first-order valence-corrected chi connectivity index (χ1v) is 6.55. The van der Waals surface area contributed by atoms with Crippen LogP contribution in [0.3, 0.4) is 0 Å². The third-order valence-electron chi connectivity index (χ3n) is 2.82. The minimum atomic E-state index is 0.0124. The average molecular weight is 262 g/mol. The number of carbonyl (C=O) groups is 1. The Hall–Kier alpha value is -1.54. The molecule has 2 aromatic carbocycles. The molecule has 18 heavy (non-hydrogen) atoms. The van der Waals surface area contributed by atoms with E-state index in [4.69, 9.17) is 11.6 Å². The monoisotopic (exact) mass is 261 g/mol. The highest BCUT2D eigenvalue weighted by atomic mass is 35.5. The summed E-state index contributed by atoms with van der Waals surface area (Å²) in [5, 5.41) is 5.21. The number of nitrogens with one attached hydrogen (secondary N) is 1. The fourth-order valence-electron chi connectivity index (χ4n) is 1.90. The SMILES string of the molecule is CC(CCl)NC(=O)Cc1ccc2ccccc2c1. The second-order valence-electron chi connectivity index (χ2n) is 4.48. The van der Waals surface area contributed by atoms with Gasteiger partial charge in [-0.2, -0.15) is 0 Å². The zero-order valence-corrected chi connectivity index (χ0v) is 11.1. The molecule has 1 atom stereocenters. The van der Waals surface area contributed by atoms with Crippen LogP contribution in [0.15, 0.2) is 42.5 Å². The Morgan fingerprint density at radius 1 is 1.22 bits per heavy atom. The number of alkyl halides is 1. The van der Waals surface area contributed by atoms with Crippen LogP contribution in [0.2, 0.25) is 0 Å². The van der Waals surface area contributed by atoms with E-state index in [0.717, 1.165) is 10.9 Å². The van der Waals surface area contributed by atoms with Crippen molar-refractivity contribution in [1.29, 1.82) is 0 Å². The molecule has 0 bridgehead atoms. The van der Waals surface area contributed by atoms with Crippen LogP contribution in [0.1, 0.15) is 12.5 Å². The molecule has 1 unspecified atom stereocenters. The quantitative estimate of drug-likeness (QED) is 0.842. The van der Waals surface area contributed by atoms with Crippen LogP contribution in [0.4, 0.5) is 0 Å². The molecule has 2 rings (SSSR count). The summed E-state index contributed by atoms with van der Waals surface area (Å²) in [7, 11) is 0. The highest BCUT2D eigenvalue weighted by Gasteiger charge is 2.07. The smallest absolute Gasteiger partial charge is 0.224 e. The van der Waals surface area contributed by atoms with E-state index < -0.39 is 0 Å². The molecule has 0 heterocycles. The van der Waals surface area contributed by atoms with Crippen molar-refractivity contribution >= 4 is 28.3 Å². The number of halogens is 1. The highest BCUT2D eigenvalue weighted by molar-refractivity contribution is 6.18. The van der Waals surface area contributed by atoms with Gasteiger partial charge in [0.1, 0.15) is 0 Å². The van der Waals surface area contributed by atoms with Crippen LogP contribution in [0.25, 0.3) is 10.8 Å². The number of hydrogen-bond donors (Lipinski definition) is 1. The third kappa shape index (κ3) is 3.23. The molecular formula is C15H16ClNO. The first kappa shape index (κ1) is 12.9. The van der Waals surface area contributed by atoms with Gasteiger partial charge in [-0.1, -0.05) is 42.5 Å². The standard InChI is InChI=1S/C15H16ClNO/c1-11(10-16)17-15(18)9-12-6-7-13-4-2-3-5-14(13)8-12/h2-8,11H,9-10H2,1H3,(H,17,18). The molecule has 2 nitrogen and oxygen atoms in total. The Kier molecular flexibility index (Phi) is 4.21. The Balaban J connectivity index is 2.10. The molecule has 0 saturated carbocycles. The van der Waals surface area contributed by atoms with E-state index in [1.54, 1.807) is 0 Å². The van der Waals surface area contributed by atoms with Crippen LogP contribution >= 0.6 is 11.6 Å². The zero-order chi connectivity index (χ0) is 13.0. The second kappa shape index (κ2) is 5.87. The van der Waals surface area contributed by atoms with Gasteiger partial charge >= 0.3 is 0 Å². The van der Waals surface area contributed by atoms with Crippen molar-refractivity contribution in [3.63, 3.8) is 0 Å².